The van der Waals surface area contributed by atoms with Crippen molar-refractivity contribution < 1.29 is 14.3 Å². The monoisotopic (exact) mass is 326 g/mol. The van der Waals surface area contributed by atoms with Crippen LogP contribution < -0.4 is 15.4 Å². The van der Waals surface area contributed by atoms with Gasteiger partial charge >= 0.3 is 0 Å². The molecule has 0 bridgehead atoms. The summed E-state index contributed by atoms with van der Waals surface area (Å²) in [6, 6.07) is 15.0. The maximum absolute atomic E-state index is 12.0. The molecule has 24 heavy (non-hydrogen) atoms. The van der Waals surface area contributed by atoms with Crippen molar-refractivity contribution in [2.45, 2.75) is 19.8 Å². The minimum absolute atomic E-state index is 0.0635. The van der Waals surface area contributed by atoms with Gasteiger partial charge in [-0.2, -0.15) is 0 Å². The number of carbonyl (C=O) groups excluding carboxylic acids is 2. The van der Waals surface area contributed by atoms with Crippen LogP contribution in [0.25, 0.3) is 0 Å². The highest BCUT2D eigenvalue weighted by Gasteiger charge is 2.10. The topological polar surface area (TPSA) is 67.4 Å². The van der Waals surface area contributed by atoms with E-state index in [4.69, 9.17) is 4.74 Å². The molecule has 5 nitrogen and oxygen atoms in total. The molecule has 126 valence electrons. The normalized spacial score (nSPS) is 10.1. The van der Waals surface area contributed by atoms with E-state index < -0.39 is 0 Å². The van der Waals surface area contributed by atoms with E-state index in [0.29, 0.717) is 5.75 Å². The Hall–Kier alpha value is -2.82. The van der Waals surface area contributed by atoms with Gasteiger partial charge in [0.15, 0.2) is 0 Å². The van der Waals surface area contributed by atoms with Gasteiger partial charge in [0.1, 0.15) is 5.75 Å². The average molecular weight is 326 g/mol. The molecule has 0 fully saturated rings. The van der Waals surface area contributed by atoms with Crippen LogP contribution in [0.2, 0.25) is 0 Å². The molecule has 2 aromatic carbocycles. The van der Waals surface area contributed by atoms with Crippen molar-refractivity contribution in [3.05, 3.63) is 59.7 Å². The Balaban J connectivity index is 1.86. The van der Waals surface area contributed by atoms with Crippen LogP contribution in [0.5, 0.6) is 5.75 Å². The number of anilines is 1. The van der Waals surface area contributed by atoms with Crippen LogP contribution in [0.1, 0.15) is 18.1 Å². The lowest BCUT2D eigenvalue weighted by Crippen LogP contribution is -2.34. The summed E-state index contributed by atoms with van der Waals surface area (Å²) < 4.78 is 5.22. The van der Waals surface area contributed by atoms with Crippen LogP contribution in [0.4, 0.5) is 5.69 Å². The number of rotatable bonds is 7. The third-order valence-corrected chi connectivity index (χ3v) is 3.66. The third kappa shape index (κ3) is 4.84. The van der Waals surface area contributed by atoms with E-state index in [-0.39, 0.29) is 24.8 Å². The summed E-state index contributed by atoms with van der Waals surface area (Å²) in [4.78, 5) is 24.0. The lowest BCUT2D eigenvalue weighted by atomic mass is 10.1. The van der Waals surface area contributed by atoms with Crippen molar-refractivity contribution in [2.24, 2.45) is 0 Å². The minimum atomic E-state index is -0.246. The first kappa shape index (κ1) is 17.5. The van der Waals surface area contributed by atoms with Crippen LogP contribution in [0.3, 0.4) is 0 Å². The summed E-state index contributed by atoms with van der Waals surface area (Å²) in [5, 5.41) is 5.46. The SMILES string of the molecule is CCc1ccccc1NC(=O)CNC(=O)Cc1ccccc1OC. The van der Waals surface area contributed by atoms with E-state index in [0.717, 1.165) is 23.2 Å². The zero-order chi connectivity index (χ0) is 17.4. The molecule has 0 atom stereocenters. The molecule has 0 spiro atoms. The highest BCUT2D eigenvalue weighted by Crippen LogP contribution is 2.17. The van der Waals surface area contributed by atoms with Crippen molar-refractivity contribution in [1.29, 1.82) is 0 Å². The first-order chi connectivity index (χ1) is 11.6. The molecule has 0 unspecified atom stereocenters. The quantitative estimate of drug-likeness (QED) is 0.822. The molecule has 0 saturated heterocycles. The summed E-state index contributed by atoms with van der Waals surface area (Å²) in [5.74, 6) is 0.191. The molecule has 0 radical (unpaired) electrons. The summed E-state index contributed by atoms with van der Waals surface area (Å²) in [7, 11) is 1.56. The molecule has 2 aromatic rings. The standard InChI is InChI=1S/C19H22N2O3/c1-3-14-8-4-6-10-16(14)21-19(23)13-20-18(22)12-15-9-5-7-11-17(15)24-2/h4-11H,3,12-13H2,1-2H3,(H,20,22)(H,21,23). The number of benzene rings is 2. The summed E-state index contributed by atoms with van der Waals surface area (Å²) in [6.45, 7) is 1.96. The molecule has 2 N–H and O–H groups in total. The first-order valence-corrected chi connectivity index (χ1v) is 7.90. The number of aryl methyl sites for hydroxylation is 1. The van der Waals surface area contributed by atoms with Crippen LogP contribution in [0, 0.1) is 0 Å². The van der Waals surface area contributed by atoms with Crippen LogP contribution in [0.15, 0.2) is 48.5 Å². The van der Waals surface area contributed by atoms with Crippen LogP contribution >= 0.6 is 0 Å². The smallest absolute Gasteiger partial charge is 0.243 e. The van der Waals surface area contributed by atoms with E-state index in [9.17, 15) is 9.59 Å². The van der Waals surface area contributed by atoms with Gasteiger partial charge in [0.2, 0.25) is 11.8 Å². The lowest BCUT2D eigenvalue weighted by Gasteiger charge is -2.11. The zero-order valence-corrected chi connectivity index (χ0v) is 14.0. The second-order valence-electron chi connectivity index (χ2n) is 5.32. The van der Waals surface area contributed by atoms with E-state index >= 15 is 0 Å². The molecule has 5 heteroatoms. The lowest BCUT2D eigenvalue weighted by molar-refractivity contribution is -0.123. The minimum Gasteiger partial charge on any atom is -0.496 e. The van der Waals surface area contributed by atoms with Gasteiger partial charge in [0.25, 0.3) is 0 Å². The van der Waals surface area contributed by atoms with Crippen molar-refractivity contribution in [3.63, 3.8) is 0 Å². The van der Waals surface area contributed by atoms with Gasteiger partial charge in [-0.3, -0.25) is 9.59 Å². The fourth-order valence-electron chi connectivity index (χ4n) is 2.41. The molecule has 2 rings (SSSR count). The Bertz CT molecular complexity index is 652. The summed E-state index contributed by atoms with van der Waals surface area (Å²) in [5.41, 5.74) is 2.63. The molecule has 0 aromatic heterocycles. The molecule has 0 aliphatic carbocycles. The maximum atomic E-state index is 12.0. The first-order valence-electron chi connectivity index (χ1n) is 7.90. The second kappa shape index (κ2) is 8.72. The largest absolute Gasteiger partial charge is 0.496 e. The van der Waals surface area contributed by atoms with E-state index in [1.807, 2.05) is 49.4 Å². The van der Waals surface area contributed by atoms with Crippen molar-refractivity contribution in [1.82, 2.24) is 5.32 Å². The second-order valence-corrected chi connectivity index (χ2v) is 5.32. The zero-order valence-electron chi connectivity index (χ0n) is 14.0. The van der Waals surface area contributed by atoms with E-state index in [2.05, 4.69) is 10.6 Å². The Labute approximate surface area is 142 Å². The Morgan fingerprint density at radius 2 is 1.62 bits per heavy atom. The fraction of sp³-hybridized carbons (Fsp3) is 0.263. The molecular formula is C19H22N2O3. The molecular weight excluding hydrogens is 304 g/mol. The number of amides is 2. The molecule has 0 heterocycles. The Morgan fingerprint density at radius 3 is 2.33 bits per heavy atom. The predicted molar refractivity (Wildman–Crippen MR) is 94.2 cm³/mol. The molecule has 0 aliphatic heterocycles. The number of hydrogen-bond donors (Lipinski definition) is 2. The Kier molecular flexibility index (Phi) is 6.37. The number of para-hydroxylation sites is 2. The highest BCUT2D eigenvalue weighted by molar-refractivity contribution is 5.95. The van der Waals surface area contributed by atoms with Gasteiger partial charge in [0, 0.05) is 11.3 Å². The van der Waals surface area contributed by atoms with Gasteiger partial charge in [0.05, 0.1) is 20.1 Å². The predicted octanol–water partition coefficient (Wildman–Crippen LogP) is 2.56. The van der Waals surface area contributed by atoms with Gasteiger partial charge in [-0.1, -0.05) is 43.3 Å². The Morgan fingerprint density at radius 1 is 0.958 bits per heavy atom. The van der Waals surface area contributed by atoms with Gasteiger partial charge < -0.3 is 15.4 Å². The van der Waals surface area contributed by atoms with Gasteiger partial charge in [-0.25, -0.2) is 0 Å². The number of methoxy groups -OCH3 is 1. The van der Waals surface area contributed by atoms with Crippen LogP contribution in [-0.2, 0) is 22.4 Å². The number of hydrogen-bond acceptors (Lipinski definition) is 3. The molecule has 0 saturated carbocycles. The maximum Gasteiger partial charge on any atom is 0.243 e. The van der Waals surface area contributed by atoms with E-state index in [1.54, 1.807) is 13.2 Å². The van der Waals surface area contributed by atoms with E-state index in [1.165, 1.54) is 0 Å². The highest BCUT2D eigenvalue weighted by atomic mass is 16.5. The van der Waals surface area contributed by atoms with Crippen LogP contribution in [-0.4, -0.2) is 25.5 Å². The van der Waals surface area contributed by atoms with Gasteiger partial charge in [-0.05, 0) is 24.1 Å². The fourth-order valence-corrected chi connectivity index (χ4v) is 2.41. The average Bonchev–Trinajstić information content (AvgIpc) is 2.61. The number of ether oxygens (including phenoxy) is 1. The van der Waals surface area contributed by atoms with Crippen molar-refractivity contribution in [3.8, 4) is 5.75 Å². The molecule has 0 aliphatic rings. The summed E-state index contributed by atoms with van der Waals surface area (Å²) in [6.07, 6.45) is 0.999. The number of carbonyl (C=O) groups is 2. The summed E-state index contributed by atoms with van der Waals surface area (Å²) >= 11 is 0. The van der Waals surface area contributed by atoms with Gasteiger partial charge in [-0.15, -0.1) is 0 Å². The van der Waals surface area contributed by atoms with Crippen molar-refractivity contribution in [2.75, 3.05) is 19.0 Å². The van der Waals surface area contributed by atoms with Crippen molar-refractivity contribution >= 4 is 17.5 Å². The number of nitrogens with one attached hydrogen (secondary N) is 2. The third-order valence-electron chi connectivity index (χ3n) is 3.66. The molecule has 2 amide bonds.